The second kappa shape index (κ2) is 5.40. The molecule has 0 spiro atoms. The Morgan fingerprint density at radius 3 is 2.63 bits per heavy atom. The molecule has 0 atom stereocenters. The Labute approximate surface area is 119 Å². The van der Waals surface area contributed by atoms with Crippen LogP contribution < -0.4 is 10.9 Å². The van der Waals surface area contributed by atoms with Gasteiger partial charge >= 0.3 is 0 Å². The minimum atomic E-state index is -0.303. The Kier molecular flexibility index (Phi) is 3.85. The van der Waals surface area contributed by atoms with Crippen LogP contribution in [0.1, 0.15) is 15.9 Å². The van der Waals surface area contributed by atoms with Gasteiger partial charge in [-0.1, -0.05) is 6.07 Å². The zero-order chi connectivity index (χ0) is 14.0. The topological polar surface area (TPSA) is 51.1 Å². The number of aromatic nitrogens is 1. The quantitative estimate of drug-likeness (QED) is 0.925. The Bertz CT molecular complexity index is 692. The normalized spacial score (nSPS) is 10.3. The standard InChI is InChI=1S/C14H13BrN2O2/c1-9-3-4-12(11(15)7-9)16-14(19)10-5-6-17(2)13(18)8-10/h3-8H,1-2H3,(H,16,19). The summed E-state index contributed by atoms with van der Waals surface area (Å²) in [6.07, 6.45) is 1.57. The van der Waals surface area contributed by atoms with Crippen molar-refractivity contribution in [3.63, 3.8) is 0 Å². The van der Waals surface area contributed by atoms with Crippen LogP contribution in [0.2, 0.25) is 0 Å². The molecule has 1 aromatic carbocycles. The van der Waals surface area contributed by atoms with Crippen LogP contribution in [0.4, 0.5) is 5.69 Å². The average molecular weight is 321 g/mol. The fraction of sp³-hybridized carbons (Fsp3) is 0.143. The van der Waals surface area contributed by atoms with Gasteiger partial charge in [-0.2, -0.15) is 0 Å². The second-order valence-electron chi connectivity index (χ2n) is 4.30. The van der Waals surface area contributed by atoms with Crippen molar-refractivity contribution >= 4 is 27.5 Å². The number of anilines is 1. The molecule has 0 radical (unpaired) electrons. The van der Waals surface area contributed by atoms with Gasteiger partial charge in [0.15, 0.2) is 0 Å². The smallest absolute Gasteiger partial charge is 0.255 e. The van der Waals surface area contributed by atoms with Gasteiger partial charge in [-0.05, 0) is 46.6 Å². The molecule has 0 bridgehead atoms. The molecule has 0 saturated carbocycles. The number of amides is 1. The van der Waals surface area contributed by atoms with Crippen molar-refractivity contribution in [3.05, 3.63) is 62.5 Å². The van der Waals surface area contributed by atoms with Crippen LogP contribution >= 0.6 is 15.9 Å². The number of carbonyl (C=O) groups is 1. The highest BCUT2D eigenvalue weighted by Gasteiger charge is 2.09. The van der Waals surface area contributed by atoms with Gasteiger partial charge in [0.2, 0.25) is 0 Å². The number of aryl methyl sites for hydroxylation is 2. The molecule has 0 saturated heterocycles. The van der Waals surface area contributed by atoms with Crippen molar-refractivity contribution in [2.45, 2.75) is 6.92 Å². The number of halogens is 1. The first-order chi connectivity index (χ1) is 8.97. The van der Waals surface area contributed by atoms with Gasteiger partial charge in [0.25, 0.3) is 11.5 Å². The fourth-order valence-electron chi connectivity index (χ4n) is 1.61. The van der Waals surface area contributed by atoms with Crippen LogP contribution in [-0.4, -0.2) is 10.5 Å². The molecule has 1 N–H and O–H groups in total. The van der Waals surface area contributed by atoms with E-state index in [1.54, 1.807) is 19.3 Å². The van der Waals surface area contributed by atoms with Crippen molar-refractivity contribution in [1.82, 2.24) is 4.57 Å². The summed E-state index contributed by atoms with van der Waals surface area (Å²) in [5.41, 5.74) is 1.90. The number of carbonyl (C=O) groups excluding carboxylic acids is 1. The second-order valence-corrected chi connectivity index (χ2v) is 5.16. The van der Waals surface area contributed by atoms with E-state index in [-0.39, 0.29) is 11.5 Å². The third-order valence-corrected chi connectivity index (χ3v) is 3.40. The van der Waals surface area contributed by atoms with E-state index in [1.807, 2.05) is 25.1 Å². The number of hydrogen-bond donors (Lipinski definition) is 1. The number of benzene rings is 1. The van der Waals surface area contributed by atoms with Crippen molar-refractivity contribution < 1.29 is 4.79 Å². The van der Waals surface area contributed by atoms with Gasteiger partial charge in [-0.3, -0.25) is 9.59 Å². The maximum atomic E-state index is 12.0. The van der Waals surface area contributed by atoms with Gasteiger partial charge in [-0.25, -0.2) is 0 Å². The maximum Gasteiger partial charge on any atom is 0.255 e. The lowest BCUT2D eigenvalue weighted by Gasteiger charge is -2.08. The Morgan fingerprint density at radius 2 is 2.00 bits per heavy atom. The van der Waals surface area contributed by atoms with Crippen LogP contribution in [0, 0.1) is 6.92 Å². The molecule has 4 nitrogen and oxygen atoms in total. The molecule has 0 aliphatic heterocycles. The van der Waals surface area contributed by atoms with Crippen molar-refractivity contribution in [2.75, 3.05) is 5.32 Å². The summed E-state index contributed by atoms with van der Waals surface area (Å²) < 4.78 is 2.23. The van der Waals surface area contributed by atoms with Gasteiger partial charge in [0, 0.05) is 29.3 Å². The van der Waals surface area contributed by atoms with Crippen LogP contribution in [-0.2, 0) is 7.05 Å². The van der Waals surface area contributed by atoms with E-state index in [9.17, 15) is 9.59 Å². The first-order valence-corrected chi connectivity index (χ1v) is 6.51. The summed E-state index contributed by atoms with van der Waals surface area (Å²) in [4.78, 5) is 23.5. The highest BCUT2D eigenvalue weighted by Crippen LogP contribution is 2.23. The molecule has 2 rings (SSSR count). The van der Waals surface area contributed by atoms with E-state index in [4.69, 9.17) is 0 Å². The van der Waals surface area contributed by atoms with E-state index in [2.05, 4.69) is 21.2 Å². The average Bonchev–Trinajstić information content (AvgIpc) is 2.36. The molecule has 1 amide bonds. The highest BCUT2D eigenvalue weighted by atomic mass is 79.9. The lowest BCUT2D eigenvalue weighted by atomic mass is 10.2. The molecule has 2 aromatic rings. The van der Waals surface area contributed by atoms with Gasteiger partial charge in [-0.15, -0.1) is 0 Å². The maximum absolute atomic E-state index is 12.0. The summed E-state index contributed by atoms with van der Waals surface area (Å²) in [5, 5.41) is 2.77. The third kappa shape index (κ3) is 3.12. The number of pyridine rings is 1. The van der Waals surface area contributed by atoms with E-state index >= 15 is 0 Å². The third-order valence-electron chi connectivity index (χ3n) is 2.74. The van der Waals surface area contributed by atoms with Crippen molar-refractivity contribution in [2.24, 2.45) is 7.05 Å². The summed E-state index contributed by atoms with van der Waals surface area (Å²) in [6, 6.07) is 8.57. The number of hydrogen-bond acceptors (Lipinski definition) is 2. The number of nitrogens with zero attached hydrogens (tertiary/aromatic N) is 1. The molecule has 0 unspecified atom stereocenters. The zero-order valence-corrected chi connectivity index (χ0v) is 12.2. The van der Waals surface area contributed by atoms with Gasteiger partial charge in [0.05, 0.1) is 5.69 Å². The van der Waals surface area contributed by atoms with E-state index in [0.29, 0.717) is 11.3 Å². The zero-order valence-electron chi connectivity index (χ0n) is 10.6. The van der Waals surface area contributed by atoms with Crippen molar-refractivity contribution in [1.29, 1.82) is 0 Å². The van der Waals surface area contributed by atoms with E-state index in [1.165, 1.54) is 10.6 Å². The SMILES string of the molecule is Cc1ccc(NC(=O)c2ccn(C)c(=O)c2)c(Br)c1. The van der Waals surface area contributed by atoms with Crippen LogP contribution in [0.3, 0.4) is 0 Å². The van der Waals surface area contributed by atoms with Gasteiger partial charge < -0.3 is 9.88 Å². The Hall–Kier alpha value is -1.88. The van der Waals surface area contributed by atoms with E-state index in [0.717, 1.165) is 10.0 Å². The first-order valence-electron chi connectivity index (χ1n) is 5.71. The molecule has 1 heterocycles. The molecule has 5 heteroatoms. The molecule has 0 aliphatic rings. The number of rotatable bonds is 2. The first kappa shape index (κ1) is 13.5. The lowest BCUT2D eigenvalue weighted by Crippen LogP contribution is -2.20. The summed E-state index contributed by atoms with van der Waals surface area (Å²) in [6.45, 7) is 1.97. The molecule has 0 fully saturated rings. The molecule has 98 valence electrons. The monoisotopic (exact) mass is 320 g/mol. The molecular weight excluding hydrogens is 308 g/mol. The predicted molar refractivity (Wildman–Crippen MR) is 78.5 cm³/mol. The summed E-state index contributed by atoms with van der Waals surface area (Å²) in [5.74, 6) is -0.303. The predicted octanol–water partition coefficient (Wildman–Crippen LogP) is 2.71. The molecular formula is C14H13BrN2O2. The largest absolute Gasteiger partial charge is 0.321 e. The Morgan fingerprint density at radius 1 is 1.26 bits per heavy atom. The van der Waals surface area contributed by atoms with Crippen LogP contribution in [0.25, 0.3) is 0 Å². The number of nitrogens with one attached hydrogen (secondary N) is 1. The highest BCUT2D eigenvalue weighted by molar-refractivity contribution is 9.10. The molecule has 19 heavy (non-hydrogen) atoms. The Balaban J connectivity index is 2.25. The van der Waals surface area contributed by atoms with E-state index < -0.39 is 0 Å². The lowest BCUT2D eigenvalue weighted by molar-refractivity contribution is 0.102. The fourth-order valence-corrected chi connectivity index (χ4v) is 2.20. The van der Waals surface area contributed by atoms with Crippen LogP contribution in [0.5, 0.6) is 0 Å². The summed E-state index contributed by atoms with van der Waals surface area (Å²) >= 11 is 3.39. The molecule has 0 aliphatic carbocycles. The minimum Gasteiger partial charge on any atom is -0.321 e. The van der Waals surface area contributed by atoms with Crippen molar-refractivity contribution in [3.8, 4) is 0 Å². The summed E-state index contributed by atoms with van der Waals surface area (Å²) in [7, 11) is 1.64. The molecule has 1 aromatic heterocycles. The van der Waals surface area contributed by atoms with Gasteiger partial charge in [0.1, 0.15) is 0 Å². The van der Waals surface area contributed by atoms with Crippen LogP contribution in [0.15, 0.2) is 45.8 Å². The minimum absolute atomic E-state index is 0.212.